The van der Waals surface area contributed by atoms with Crippen molar-refractivity contribution >= 4 is 39.0 Å². The van der Waals surface area contributed by atoms with E-state index in [0.29, 0.717) is 17.8 Å². The van der Waals surface area contributed by atoms with Gasteiger partial charge in [-0.3, -0.25) is 9.36 Å². The highest BCUT2D eigenvalue weighted by atomic mass is 79.9. The van der Waals surface area contributed by atoms with Gasteiger partial charge in [0.15, 0.2) is 0 Å². The number of nitrogens with zero attached hydrogens (tertiary/aromatic N) is 3. The molecular formula is C21H22BrN3O. The van der Waals surface area contributed by atoms with Gasteiger partial charge in [0.25, 0.3) is 5.56 Å². The third-order valence-electron chi connectivity index (χ3n) is 4.20. The van der Waals surface area contributed by atoms with E-state index in [1.165, 1.54) is 0 Å². The number of rotatable bonds is 6. The third kappa shape index (κ3) is 4.29. The number of hydrogen-bond acceptors (Lipinski definition) is 3. The number of hydrogen-bond donors (Lipinski definition) is 0. The molecule has 1 heterocycles. The van der Waals surface area contributed by atoms with Crippen LogP contribution in [0.25, 0.3) is 23.1 Å². The van der Waals surface area contributed by atoms with E-state index >= 15 is 0 Å². The third-order valence-corrected chi connectivity index (χ3v) is 4.92. The molecule has 2 aromatic carbocycles. The van der Waals surface area contributed by atoms with E-state index in [1.807, 2.05) is 74.8 Å². The Morgan fingerprint density at radius 3 is 2.58 bits per heavy atom. The molecule has 0 fully saturated rings. The van der Waals surface area contributed by atoms with Gasteiger partial charge in [-0.15, -0.1) is 0 Å². The average Bonchev–Trinajstić information content (AvgIpc) is 2.63. The highest BCUT2D eigenvalue weighted by Crippen LogP contribution is 2.18. The van der Waals surface area contributed by atoms with Gasteiger partial charge in [0.1, 0.15) is 5.82 Å². The number of fused-ring (bicyclic) bond motifs is 1. The predicted molar refractivity (Wildman–Crippen MR) is 112 cm³/mol. The van der Waals surface area contributed by atoms with Crippen LogP contribution in [0.4, 0.5) is 0 Å². The molecule has 4 nitrogen and oxygen atoms in total. The molecule has 0 amide bonds. The van der Waals surface area contributed by atoms with E-state index in [4.69, 9.17) is 4.98 Å². The highest BCUT2D eigenvalue weighted by molar-refractivity contribution is 9.10. The van der Waals surface area contributed by atoms with Crippen LogP contribution in [0.2, 0.25) is 0 Å². The van der Waals surface area contributed by atoms with E-state index in [1.54, 1.807) is 4.57 Å². The fourth-order valence-corrected chi connectivity index (χ4v) is 3.27. The Bertz CT molecular complexity index is 992. The van der Waals surface area contributed by atoms with Gasteiger partial charge in [-0.1, -0.05) is 52.3 Å². The van der Waals surface area contributed by atoms with Gasteiger partial charge in [0.2, 0.25) is 0 Å². The topological polar surface area (TPSA) is 38.1 Å². The predicted octanol–water partition coefficient (Wildman–Crippen LogP) is 4.28. The van der Waals surface area contributed by atoms with Crippen molar-refractivity contribution in [2.45, 2.75) is 13.0 Å². The molecule has 26 heavy (non-hydrogen) atoms. The molecular weight excluding hydrogens is 390 g/mol. The molecule has 0 radical (unpaired) electrons. The SMILES string of the molecule is CN(C)CCCn1c(/C=C/c2ccccc2Br)nc2ccccc2c1=O. The van der Waals surface area contributed by atoms with Gasteiger partial charge in [0, 0.05) is 11.0 Å². The second kappa shape index (κ2) is 8.43. The second-order valence-electron chi connectivity index (χ2n) is 6.46. The highest BCUT2D eigenvalue weighted by Gasteiger charge is 2.09. The molecule has 0 aliphatic carbocycles. The zero-order chi connectivity index (χ0) is 18.5. The van der Waals surface area contributed by atoms with Crippen LogP contribution in [-0.4, -0.2) is 35.1 Å². The lowest BCUT2D eigenvalue weighted by Gasteiger charge is -2.13. The van der Waals surface area contributed by atoms with Crippen LogP contribution in [0.15, 0.2) is 57.8 Å². The summed E-state index contributed by atoms with van der Waals surface area (Å²) in [6.07, 6.45) is 4.80. The molecule has 1 aromatic heterocycles. The molecule has 0 atom stereocenters. The van der Waals surface area contributed by atoms with Crippen molar-refractivity contribution in [1.82, 2.24) is 14.5 Å². The minimum atomic E-state index is 0.0149. The summed E-state index contributed by atoms with van der Waals surface area (Å²) >= 11 is 3.55. The summed E-state index contributed by atoms with van der Waals surface area (Å²) in [5.74, 6) is 0.684. The lowest BCUT2D eigenvalue weighted by molar-refractivity contribution is 0.384. The normalized spacial score (nSPS) is 11.7. The first-order valence-electron chi connectivity index (χ1n) is 8.63. The lowest BCUT2D eigenvalue weighted by atomic mass is 10.2. The molecule has 0 bridgehead atoms. The van der Waals surface area contributed by atoms with Crippen LogP contribution in [0.5, 0.6) is 0 Å². The number of benzene rings is 2. The molecule has 0 aliphatic heterocycles. The van der Waals surface area contributed by atoms with Gasteiger partial charge in [-0.25, -0.2) is 4.98 Å². The summed E-state index contributed by atoms with van der Waals surface area (Å²) in [7, 11) is 4.07. The first kappa shape index (κ1) is 18.5. The van der Waals surface area contributed by atoms with Crippen molar-refractivity contribution in [1.29, 1.82) is 0 Å². The van der Waals surface area contributed by atoms with Crippen molar-refractivity contribution in [3.05, 3.63) is 74.7 Å². The first-order chi connectivity index (χ1) is 12.6. The standard InChI is InChI=1S/C21H22BrN3O/c1-24(2)14-7-15-25-20(13-12-16-8-3-5-10-18(16)22)23-19-11-6-4-9-17(19)21(25)26/h3-6,8-13H,7,14-15H2,1-2H3/b13-12+. The number of aromatic nitrogens is 2. The van der Waals surface area contributed by atoms with Gasteiger partial charge >= 0.3 is 0 Å². The number of para-hydroxylation sites is 1. The molecule has 134 valence electrons. The Balaban J connectivity index is 2.04. The Hall–Kier alpha value is -2.24. The zero-order valence-corrected chi connectivity index (χ0v) is 16.6. The lowest BCUT2D eigenvalue weighted by Crippen LogP contribution is -2.26. The fraction of sp³-hybridized carbons (Fsp3) is 0.238. The maximum Gasteiger partial charge on any atom is 0.261 e. The fourth-order valence-electron chi connectivity index (χ4n) is 2.85. The minimum absolute atomic E-state index is 0.0149. The molecule has 0 saturated carbocycles. The van der Waals surface area contributed by atoms with E-state index in [9.17, 15) is 4.79 Å². The summed E-state index contributed by atoms with van der Waals surface area (Å²) < 4.78 is 2.79. The van der Waals surface area contributed by atoms with Crippen molar-refractivity contribution in [2.75, 3.05) is 20.6 Å². The van der Waals surface area contributed by atoms with Crippen molar-refractivity contribution < 1.29 is 0 Å². The van der Waals surface area contributed by atoms with E-state index in [0.717, 1.165) is 28.5 Å². The Morgan fingerprint density at radius 1 is 1.08 bits per heavy atom. The Labute approximate surface area is 161 Å². The van der Waals surface area contributed by atoms with Crippen molar-refractivity contribution in [2.24, 2.45) is 0 Å². The van der Waals surface area contributed by atoms with Crippen LogP contribution < -0.4 is 5.56 Å². The van der Waals surface area contributed by atoms with Gasteiger partial charge in [0.05, 0.1) is 10.9 Å². The second-order valence-corrected chi connectivity index (χ2v) is 7.31. The zero-order valence-electron chi connectivity index (χ0n) is 15.0. The van der Waals surface area contributed by atoms with Crippen LogP contribution in [0.1, 0.15) is 17.8 Å². The number of halogens is 1. The maximum absolute atomic E-state index is 13.0. The van der Waals surface area contributed by atoms with Crippen molar-refractivity contribution in [3.63, 3.8) is 0 Å². The molecule has 0 N–H and O–H groups in total. The molecule has 3 aromatic rings. The van der Waals surface area contributed by atoms with Gasteiger partial charge in [-0.2, -0.15) is 0 Å². The monoisotopic (exact) mass is 411 g/mol. The van der Waals surface area contributed by atoms with E-state index < -0.39 is 0 Å². The molecule has 0 aliphatic rings. The maximum atomic E-state index is 13.0. The van der Waals surface area contributed by atoms with E-state index in [-0.39, 0.29) is 5.56 Å². The summed E-state index contributed by atoms with van der Waals surface area (Å²) in [5, 5.41) is 0.662. The molecule has 0 unspecified atom stereocenters. The quantitative estimate of drug-likeness (QED) is 0.607. The largest absolute Gasteiger partial charge is 0.309 e. The molecule has 0 saturated heterocycles. The first-order valence-corrected chi connectivity index (χ1v) is 9.42. The van der Waals surface area contributed by atoms with Crippen LogP contribution in [-0.2, 0) is 6.54 Å². The van der Waals surface area contributed by atoms with Crippen LogP contribution >= 0.6 is 15.9 Å². The molecule has 5 heteroatoms. The van der Waals surface area contributed by atoms with Gasteiger partial charge in [-0.05, 0) is 56.9 Å². The van der Waals surface area contributed by atoms with Crippen LogP contribution in [0.3, 0.4) is 0 Å². The summed E-state index contributed by atoms with van der Waals surface area (Å²) in [6.45, 7) is 1.57. The molecule has 0 spiro atoms. The van der Waals surface area contributed by atoms with Gasteiger partial charge < -0.3 is 4.90 Å². The summed E-state index contributed by atoms with van der Waals surface area (Å²) in [5.41, 5.74) is 1.80. The van der Waals surface area contributed by atoms with Crippen molar-refractivity contribution in [3.8, 4) is 0 Å². The minimum Gasteiger partial charge on any atom is -0.309 e. The summed E-state index contributed by atoms with van der Waals surface area (Å²) in [4.78, 5) is 19.8. The molecule has 3 rings (SSSR count). The average molecular weight is 412 g/mol. The smallest absolute Gasteiger partial charge is 0.261 e. The van der Waals surface area contributed by atoms with E-state index in [2.05, 4.69) is 20.8 Å². The Kier molecular flexibility index (Phi) is 6.01. The Morgan fingerprint density at radius 2 is 1.81 bits per heavy atom. The van der Waals surface area contributed by atoms with Crippen LogP contribution in [0, 0.1) is 0 Å². The summed E-state index contributed by atoms with van der Waals surface area (Å²) in [6, 6.07) is 15.5.